The summed E-state index contributed by atoms with van der Waals surface area (Å²) in [6, 6.07) is 0. The van der Waals surface area contributed by atoms with E-state index in [0.717, 1.165) is 0 Å². The summed E-state index contributed by atoms with van der Waals surface area (Å²) in [5, 5.41) is 0. The molecule has 0 saturated carbocycles. The Kier molecular flexibility index (Phi) is 8.48. The van der Waals surface area contributed by atoms with Crippen molar-refractivity contribution >= 4 is 10.1 Å². The van der Waals surface area contributed by atoms with Gasteiger partial charge in [0.1, 0.15) is 11.9 Å². The normalized spacial score (nSPS) is 20.1. The van der Waals surface area contributed by atoms with E-state index in [1.54, 1.807) is 0 Å². The molecule has 5 atom stereocenters. The highest BCUT2D eigenvalue weighted by Gasteiger charge is 2.41. The molecule has 20 heavy (non-hydrogen) atoms. The van der Waals surface area contributed by atoms with Crippen molar-refractivity contribution in [1.82, 2.24) is 0 Å². The van der Waals surface area contributed by atoms with E-state index in [4.69, 9.17) is 4.55 Å². The Hall–Kier alpha value is -0.510. The molecular formula is C10H16F6O3S. The largest absolute Gasteiger partial charge is 0.285 e. The quantitative estimate of drug-likeness (QED) is 0.381. The standard InChI is InChI=1S/C10H16F6O3S/c11-4-2-1-3-6(12)8(14)10(16)9(15)7(13)5-20(17,18)19/h6-10H,1-5H2,(H,17,18,19). The van der Waals surface area contributed by atoms with Crippen LogP contribution < -0.4 is 0 Å². The minimum atomic E-state index is -4.90. The zero-order valence-electron chi connectivity index (χ0n) is 10.4. The van der Waals surface area contributed by atoms with Gasteiger partial charge in [-0.15, -0.1) is 0 Å². The molecule has 0 aliphatic heterocycles. The lowest BCUT2D eigenvalue weighted by atomic mass is 10.0. The van der Waals surface area contributed by atoms with Crippen LogP contribution in [0.5, 0.6) is 0 Å². The summed E-state index contributed by atoms with van der Waals surface area (Å²) >= 11 is 0. The summed E-state index contributed by atoms with van der Waals surface area (Å²) < 4.78 is 106. The molecule has 0 bridgehead atoms. The van der Waals surface area contributed by atoms with Gasteiger partial charge < -0.3 is 0 Å². The predicted molar refractivity (Wildman–Crippen MR) is 60.7 cm³/mol. The molecule has 0 amide bonds. The molecule has 122 valence electrons. The van der Waals surface area contributed by atoms with Gasteiger partial charge in [0.05, 0.1) is 6.67 Å². The van der Waals surface area contributed by atoms with Crippen molar-refractivity contribution in [1.29, 1.82) is 0 Å². The molecule has 0 heterocycles. The van der Waals surface area contributed by atoms with Crippen molar-refractivity contribution in [2.24, 2.45) is 0 Å². The number of alkyl halides is 6. The fourth-order valence-corrected chi connectivity index (χ4v) is 2.05. The Morgan fingerprint density at radius 2 is 1.35 bits per heavy atom. The van der Waals surface area contributed by atoms with E-state index in [1.807, 2.05) is 0 Å². The second-order valence-electron chi connectivity index (χ2n) is 4.30. The maximum atomic E-state index is 13.2. The van der Waals surface area contributed by atoms with Crippen molar-refractivity contribution in [2.75, 3.05) is 12.4 Å². The Labute approximate surface area is 113 Å². The molecule has 0 radical (unpaired) electrons. The summed E-state index contributed by atoms with van der Waals surface area (Å²) in [6.07, 6.45) is -15.6. The van der Waals surface area contributed by atoms with E-state index in [9.17, 15) is 34.8 Å². The first-order valence-electron chi connectivity index (χ1n) is 5.81. The summed E-state index contributed by atoms with van der Waals surface area (Å²) in [4.78, 5) is 0. The highest BCUT2D eigenvalue weighted by atomic mass is 32.2. The van der Waals surface area contributed by atoms with E-state index in [1.165, 1.54) is 0 Å². The first-order chi connectivity index (χ1) is 9.10. The molecule has 0 spiro atoms. The molecule has 0 aromatic carbocycles. The molecule has 10 heteroatoms. The minimum Gasteiger partial charge on any atom is -0.285 e. The van der Waals surface area contributed by atoms with Gasteiger partial charge in [0.15, 0.2) is 24.7 Å². The first kappa shape index (κ1) is 19.5. The van der Waals surface area contributed by atoms with Gasteiger partial charge >= 0.3 is 0 Å². The van der Waals surface area contributed by atoms with Crippen molar-refractivity contribution in [3.63, 3.8) is 0 Å². The van der Waals surface area contributed by atoms with Crippen LogP contribution >= 0.6 is 0 Å². The van der Waals surface area contributed by atoms with Crippen LogP contribution in [0.15, 0.2) is 0 Å². The molecule has 0 rings (SSSR count). The van der Waals surface area contributed by atoms with Crippen LogP contribution in [-0.2, 0) is 10.1 Å². The van der Waals surface area contributed by atoms with Crippen LogP contribution in [0.3, 0.4) is 0 Å². The summed E-state index contributed by atoms with van der Waals surface area (Å²) in [5.74, 6) is -1.75. The number of hydrogen-bond acceptors (Lipinski definition) is 2. The second kappa shape index (κ2) is 8.71. The van der Waals surface area contributed by atoms with Gasteiger partial charge in [-0.05, 0) is 19.3 Å². The monoisotopic (exact) mass is 330 g/mol. The maximum Gasteiger partial charge on any atom is 0.267 e. The smallest absolute Gasteiger partial charge is 0.267 e. The molecular weight excluding hydrogens is 314 g/mol. The third-order valence-electron chi connectivity index (χ3n) is 2.53. The lowest BCUT2D eigenvalue weighted by Crippen LogP contribution is -2.41. The Bertz CT molecular complexity index is 366. The number of rotatable bonds is 10. The van der Waals surface area contributed by atoms with Crippen LogP contribution in [0.4, 0.5) is 26.3 Å². The zero-order valence-corrected chi connectivity index (χ0v) is 11.2. The minimum absolute atomic E-state index is 0.0718. The molecule has 0 aliphatic rings. The number of unbranched alkanes of at least 4 members (excludes halogenated alkanes) is 1. The summed E-state index contributed by atoms with van der Waals surface area (Å²) in [6.45, 7) is -0.768. The molecule has 0 aromatic rings. The molecule has 0 aliphatic carbocycles. The van der Waals surface area contributed by atoms with E-state index < -0.39 is 59.8 Å². The van der Waals surface area contributed by atoms with Gasteiger partial charge in [-0.3, -0.25) is 8.94 Å². The Balaban J connectivity index is 4.43. The first-order valence-corrected chi connectivity index (χ1v) is 7.42. The molecule has 0 saturated heterocycles. The van der Waals surface area contributed by atoms with Crippen molar-refractivity contribution in [3.8, 4) is 0 Å². The lowest BCUT2D eigenvalue weighted by Gasteiger charge is -2.22. The molecule has 1 N–H and O–H groups in total. The molecule has 3 nitrogen and oxygen atoms in total. The average Bonchev–Trinajstić information content (AvgIpc) is 2.34. The zero-order chi connectivity index (χ0) is 15.9. The van der Waals surface area contributed by atoms with Gasteiger partial charge in [-0.1, -0.05) is 0 Å². The van der Waals surface area contributed by atoms with Crippen LogP contribution in [-0.4, -0.2) is 56.3 Å². The second-order valence-corrected chi connectivity index (χ2v) is 5.80. The number of hydrogen-bond donors (Lipinski definition) is 1. The average molecular weight is 330 g/mol. The third kappa shape index (κ3) is 7.32. The van der Waals surface area contributed by atoms with Crippen molar-refractivity contribution < 1.29 is 39.3 Å². The van der Waals surface area contributed by atoms with Crippen molar-refractivity contribution in [3.05, 3.63) is 0 Å². The van der Waals surface area contributed by atoms with Crippen LogP contribution in [0.25, 0.3) is 0 Å². The van der Waals surface area contributed by atoms with Crippen molar-refractivity contribution in [2.45, 2.75) is 50.1 Å². The van der Waals surface area contributed by atoms with Crippen LogP contribution in [0.2, 0.25) is 0 Å². The van der Waals surface area contributed by atoms with Crippen LogP contribution in [0, 0.1) is 0 Å². The van der Waals surface area contributed by atoms with E-state index in [0.29, 0.717) is 0 Å². The highest BCUT2D eigenvalue weighted by molar-refractivity contribution is 7.85. The number of halogens is 6. The fraction of sp³-hybridized carbons (Fsp3) is 1.00. The predicted octanol–water partition coefficient (Wildman–Crippen LogP) is 2.70. The SMILES string of the molecule is O=S(=O)(O)CC(F)C(F)C(F)C(F)C(F)CCCCF. The van der Waals surface area contributed by atoms with Crippen LogP contribution in [0.1, 0.15) is 19.3 Å². The third-order valence-corrected chi connectivity index (χ3v) is 3.27. The Morgan fingerprint density at radius 3 is 1.80 bits per heavy atom. The highest BCUT2D eigenvalue weighted by Crippen LogP contribution is 2.24. The lowest BCUT2D eigenvalue weighted by molar-refractivity contribution is 0.00342. The van der Waals surface area contributed by atoms with E-state index in [2.05, 4.69) is 0 Å². The van der Waals surface area contributed by atoms with Gasteiger partial charge in [-0.25, -0.2) is 22.0 Å². The van der Waals surface area contributed by atoms with E-state index >= 15 is 0 Å². The Morgan fingerprint density at radius 1 is 0.850 bits per heavy atom. The van der Waals surface area contributed by atoms with E-state index in [-0.39, 0.29) is 12.8 Å². The van der Waals surface area contributed by atoms with Gasteiger partial charge in [0.25, 0.3) is 10.1 Å². The summed E-state index contributed by atoms with van der Waals surface area (Å²) in [7, 11) is -4.90. The fourth-order valence-electron chi connectivity index (χ4n) is 1.46. The topological polar surface area (TPSA) is 54.4 Å². The van der Waals surface area contributed by atoms with Gasteiger partial charge in [-0.2, -0.15) is 8.42 Å². The molecule has 0 fully saturated rings. The maximum absolute atomic E-state index is 13.2. The molecule has 0 aromatic heterocycles. The summed E-state index contributed by atoms with van der Waals surface area (Å²) in [5.41, 5.74) is 0. The molecule has 5 unspecified atom stereocenters. The van der Waals surface area contributed by atoms with Gasteiger partial charge in [0.2, 0.25) is 0 Å². The van der Waals surface area contributed by atoms with Gasteiger partial charge in [0, 0.05) is 0 Å².